The van der Waals surface area contributed by atoms with Crippen molar-refractivity contribution in [3.63, 3.8) is 0 Å². The van der Waals surface area contributed by atoms with Crippen LogP contribution in [0.4, 0.5) is 0 Å². The van der Waals surface area contributed by atoms with Crippen LogP contribution in [0.1, 0.15) is 22.7 Å². The summed E-state index contributed by atoms with van der Waals surface area (Å²) in [5, 5.41) is 2.96. The minimum absolute atomic E-state index is 0.0665. The van der Waals surface area contributed by atoms with E-state index in [-0.39, 0.29) is 11.8 Å². The number of benzene rings is 2. The van der Waals surface area contributed by atoms with Gasteiger partial charge in [-0.05, 0) is 17.2 Å². The van der Waals surface area contributed by atoms with Crippen molar-refractivity contribution in [2.75, 3.05) is 27.4 Å². The van der Waals surface area contributed by atoms with Crippen LogP contribution < -0.4 is 10.1 Å². The van der Waals surface area contributed by atoms with E-state index >= 15 is 0 Å². The van der Waals surface area contributed by atoms with Gasteiger partial charge in [0.05, 0.1) is 20.1 Å². The number of nitrogens with one attached hydrogen (secondary N) is 1. The minimum atomic E-state index is -0.660. The molecule has 0 saturated carbocycles. The molecule has 6 nitrogen and oxygen atoms in total. The van der Waals surface area contributed by atoms with Crippen molar-refractivity contribution >= 4 is 11.8 Å². The van der Waals surface area contributed by atoms with Crippen LogP contribution in [0.25, 0.3) is 0 Å². The highest BCUT2D eigenvalue weighted by molar-refractivity contribution is 5.92. The number of rotatable bonds is 7. The third-order valence-corrected chi connectivity index (χ3v) is 4.75. The number of carbonyl (C=O) groups is 2. The van der Waals surface area contributed by atoms with E-state index in [9.17, 15) is 9.59 Å². The number of hydrogen-bond acceptors (Lipinski definition) is 4. The monoisotopic (exact) mass is 368 g/mol. The fourth-order valence-corrected chi connectivity index (χ4v) is 3.39. The summed E-state index contributed by atoms with van der Waals surface area (Å²) in [5.74, 6) is 0.440. The molecular weight excluding hydrogens is 344 g/mol. The summed E-state index contributed by atoms with van der Waals surface area (Å²) >= 11 is 0. The maximum Gasteiger partial charge on any atom is 0.247 e. The normalized spacial score (nSPS) is 16.0. The molecule has 0 radical (unpaired) electrons. The van der Waals surface area contributed by atoms with Gasteiger partial charge in [-0.15, -0.1) is 0 Å². The van der Waals surface area contributed by atoms with Gasteiger partial charge in [0.15, 0.2) is 0 Å². The van der Waals surface area contributed by atoms with Crippen molar-refractivity contribution in [1.29, 1.82) is 0 Å². The van der Waals surface area contributed by atoms with Crippen LogP contribution in [-0.2, 0) is 27.3 Å². The average molecular weight is 368 g/mol. The number of amides is 2. The molecule has 1 N–H and O–H groups in total. The topological polar surface area (TPSA) is 67.9 Å². The lowest BCUT2D eigenvalue weighted by atomic mass is 9.91. The van der Waals surface area contributed by atoms with Crippen LogP contribution in [0.2, 0.25) is 0 Å². The fraction of sp³-hybridized carbons (Fsp3) is 0.333. The van der Waals surface area contributed by atoms with Gasteiger partial charge in [0, 0.05) is 25.8 Å². The maximum absolute atomic E-state index is 13.1. The predicted octanol–water partition coefficient (Wildman–Crippen LogP) is 2.08. The SMILES string of the molecule is COCCN1C(=O)Cc2ccccc2C1C(=O)NCc1ccccc1OC. The van der Waals surface area contributed by atoms with Crippen molar-refractivity contribution in [3.8, 4) is 5.75 Å². The molecule has 1 heterocycles. The maximum atomic E-state index is 13.1. The quantitative estimate of drug-likeness (QED) is 0.813. The lowest BCUT2D eigenvalue weighted by molar-refractivity contribution is -0.142. The first kappa shape index (κ1) is 18.9. The van der Waals surface area contributed by atoms with Crippen molar-refractivity contribution < 1.29 is 19.1 Å². The van der Waals surface area contributed by atoms with Gasteiger partial charge < -0.3 is 19.7 Å². The molecule has 3 rings (SSSR count). The first-order chi connectivity index (χ1) is 13.2. The third-order valence-electron chi connectivity index (χ3n) is 4.75. The van der Waals surface area contributed by atoms with Crippen LogP contribution in [-0.4, -0.2) is 44.1 Å². The van der Waals surface area contributed by atoms with Gasteiger partial charge in [0.1, 0.15) is 11.8 Å². The Hall–Kier alpha value is -2.86. The van der Waals surface area contributed by atoms with Gasteiger partial charge >= 0.3 is 0 Å². The van der Waals surface area contributed by atoms with E-state index in [1.54, 1.807) is 19.1 Å². The number of methoxy groups -OCH3 is 2. The molecule has 2 amide bonds. The van der Waals surface area contributed by atoms with Crippen LogP contribution in [0.5, 0.6) is 5.75 Å². The summed E-state index contributed by atoms with van der Waals surface area (Å²) in [4.78, 5) is 27.3. The second-order valence-corrected chi connectivity index (χ2v) is 6.39. The smallest absolute Gasteiger partial charge is 0.247 e. The zero-order chi connectivity index (χ0) is 19.2. The Morgan fingerprint density at radius 3 is 2.67 bits per heavy atom. The van der Waals surface area contributed by atoms with Crippen molar-refractivity contribution in [1.82, 2.24) is 10.2 Å². The standard InChI is InChI=1S/C21H24N2O4/c1-26-12-11-23-19(24)13-15-7-3-5-9-17(15)20(23)21(25)22-14-16-8-4-6-10-18(16)27-2/h3-10,20H,11-14H2,1-2H3,(H,22,25). The molecule has 142 valence electrons. The van der Waals surface area contributed by atoms with Crippen molar-refractivity contribution in [3.05, 3.63) is 65.2 Å². The molecule has 0 bridgehead atoms. The lowest BCUT2D eigenvalue weighted by Crippen LogP contribution is -2.48. The fourth-order valence-electron chi connectivity index (χ4n) is 3.39. The van der Waals surface area contributed by atoms with Gasteiger partial charge in [-0.2, -0.15) is 0 Å². The summed E-state index contributed by atoms with van der Waals surface area (Å²) in [6.07, 6.45) is 0.302. The molecule has 2 aromatic carbocycles. The molecule has 0 fully saturated rings. The number of nitrogens with zero attached hydrogens (tertiary/aromatic N) is 1. The molecule has 0 spiro atoms. The summed E-state index contributed by atoms with van der Waals surface area (Å²) in [5.41, 5.74) is 2.64. The molecule has 0 aliphatic carbocycles. The zero-order valence-electron chi connectivity index (χ0n) is 15.6. The third kappa shape index (κ3) is 4.11. The molecule has 1 unspecified atom stereocenters. The van der Waals surface area contributed by atoms with E-state index < -0.39 is 6.04 Å². The van der Waals surface area contributed by atoms with E-state index in [0.717, 1.165) is 16.7 Å². The Labute approximate surface area is 159 Å². The molecule has 0 aromatic heterocycles. The average Bonchev–Trinajstić information content (AvgIpc) is 2.70. The highest BCUT2D eigenvalue weighted by atomic mass is 16.5. The molecule has 1 atom stereocenters. The van der Waals surface area contributed by atoms with Crippen molar-refractivity contribution in [2.24, 2.45) is 0 Å². The Balaban J connectivity index is 1.83. The van der Waals surface area contributed by atoms with E-state index in [1.165, 1.54) is 0 Å². The Morgan fingerprint density at radius 1 is 1.15 bits per heavy atom. The largest absolute Gasteiger partial charge is 0.496 e. The summed E-state index contributed by atoms with van der Waals surface area (Å²) in [6.45, 7) is 1.08. The van der Waals surface area contributed by atoms with Gasteiger partial charge in [-0.3, -0.25) is 9.59 Å². The number of fused-ring (bicyclic) bond motifs is 1. The molecular formula is C21H24N2O4. The Kier molecular flexibility index (Phi) is 6.08. The molecule has 1 aliphatic rings. The summed E-state index contributed by atoms with van der Waals surface area (Å²) in [7, 11) is 3.18. The van der Waals surface area contributed by atoms with Crippen LogP contribution in [0.15, 0.2) is 48.5 Å². The molecule has 1 aliphatic heterocycles. The van der Waals surface area contributed by atoms with Gasteiger partial charge in [0.2, 0.25) is 11.8 Å². The number of hydrogen-bond donors (Lipinski definition) is 1. The Morgan fingerprint density at radius 2 is 1.89 bits per heavy atom. The van der Waals surface area contributed by atoms with Gasteiger partial charge in [-0.1, -0.05) is 42.5 Å². The van der Waals surface area contributed by atoms with Crippen LogP contribution in [0.3, 0.4) is 0 Å². The first-order valence-electron chi connectivity index (χ1n) is 8.91. The van der Waals surface area contributed by atoms with Crippen LogP contribution >= 0.6 is 0 Å². The van der Waals surface area contributed by atoms with E-state index in [0.29, 0.717) is 31.9 Å². The Bertz CT molecular complexity index is 821. The van der Waals surface area contributed by atoms with Crippen LogP contribution in [0, 0.1) is 0 Å². The number of carbonyl (C=O) groups excluding carboxylic acids is 2. The minimum Gasteiger partial charge on any atom is -0.496 e. The predicted molar refractivity (Wildman–Crippen MR) is 101 cm³/mol. The summed E-state index contributed by atoms with van der Waals surface area (Å²) in [6, 6.07) is 14.5. The van der Waals surface area contributed by atoms with E-state index in [4.69, 9.17) is 9.47 Å². The van der Waals surface area contributed by atoms with E-state index in [2.05, 4.69) is 5.32 Å². The number of ether oxygens (including phenoxy) is 2. The first-order valence-corrected chi connectivity index (χ1v) is 8.91. The number of para-hydroxylation sites is 1. The lowest BCUT2D eigenvalue weighted by Gasteiger charge is -2.36. The van der Waals surface area contributed by atoms with E-state index in [1.807, 2.05) is 48.5 Å². The highest BCUT2D eigenvalue weighted by Gasteiger charge is 2.36. The second-order valence-electron chi connectivity index (χ2n) is 6.39. The molecule has 6 heteroatoms. The van der Waals surface area contributed by atoms with Gasteiger partial charge in [0.25, 0.3) is 0 Å². The molecule has 2 aromatic rings. The molecule has 0 saturated heterocycles. The van der Waals surface area contributed by atoms with Crippen molar-refractivity contribution in [2.45, 2.75) is 19.0 Å². The molecule has 27 heavy (non-hydrogen) atoms. The second kappa shape index (κ2) is 8.68. The van der Waals surface area contributed by atoms with Gasteiger partial charge in [-0.25, -0.2) is 0 Å². The summed E-state index contributed by atoms with van der Waals surface area (Å²) < 4.78 is 10.5. The zero-order valence-corrected chi connectivity index (χ0v) is 15.6. The highest BCUT2D eigenvalue weighted by Crippen LogP contribution is 2.30.